The minimum absolute atomic E-state index is 0.324. The van der Waals surface area contributed by atoms with Crippen LogP contribution in [0, 0.1) is 5.82 Å². The van der Waals surface area contributed by atoms with Crippen molar-refractivity contribution in [3.8, 4) is 22.8 Å². The van der Waals surface area contributed by atoms with Crippen molar-refractivity contribution in [2.45, 2.75) is 13.0 Å². The van der Waals surface area contributed by atoms with Crippen LogP contribution in [0.2, 0.25) is 0 Å². The second-order valence-electron chi connectivity index (χ2n) is 8.22. The first kappa shape index (κ1) is 26.2. The third-order valence-electron chi connectivity index (χ3n) is 5.89. The molecule has 0 aliphatic heterocycles. The fourth-order valence-corrected chi connectivity index (χ4v) is 4.14. The number of ether oxygens (including phenoxy) is 5. The van der Waals surface area contributed by atoms with Crippen LogP contribution < -0.4 is 20.1 Å². The molecule has 0 atom stereocenters. The fourth-order valence-electron chi connectivity index (χ4n) is 4.14. The zero-order chi connectivity index (χ0) is 26.2. The second kappa shape index (κ2) is 12.4. The van der Waals surface area contributed by atoms with Crippen LogP contribution in [0.4, 0.5) is 20.7 Å². The lowest BCUT2D eigenvalue weighted by Gasteiger charge is -2.13. The van der Waals surface area contributed by atoms with Crippen LogP contribution in [0.1, 0.15) is 11.1 Å². The lowest BCUT2D eigenvalue weighted by Crippen LogP contribution is -2.27. The number of hydrogen-bond donors (Lipinski definition) is 2. The average molecular weight is 515 g/mol. The molecule has 1 aromatic heterocycles. The third-order valence-corrected chi connectivity index (χ3v) is 5.89. The number of nitrogens with zero attached hydrogens (tertiary/aromatic N) is 2. The van der Waals surface area contributed by atoms with Crippen LogP contribution in [-0.4, -0.2) is 70.2 Å². The minimum Gasteiger partial charge on any atom is -0.493 e. The van der Waals surface area contributed by atoms with Gasteiger partial charge in [0.1, 0.15) is 11.6 Å². The molecule has 0 spiro atoms. The van der Waals surface area contributed by atoms with Crippen molar-refractivity contribution in [3.63, 3.8) is 0 Å². The molecule has 4 rings (SSSR count). The van der Waals surface area contributed by atoms with Crippen molar-refractivity contribution >= 4 is 17.6 Å². The number of amides is 1. The van der Waals surface area contributed by atoms with E-state index < -0.39 is 6.09 Å². The van der Waals surface area contributed by atoms with E-state index in [0.29, 0.717) is 63.1 Å². The molecule has 11 heteroatoms. The quantitative estimate of drug-likeness (QED) is 0.260. The van der Waals surface area contributed by atoms with Crippen LogP contribution in [0.5, 0.6) is 11.5 Å². The van der Waals surface area contributed by atoms with Gasteiger partial charge < -0.3 is 34.3 Å². The summed E-state index contributed by atoms with van der Waals surface area (Å²) in [6.07, 6.45) is 0.158. The van der Waals surface area contributed by atoms with Gasteiger partial charge >= 0.3 is 6.09 Å². The smallest absolute Gasteiger partial charge is 0.406 e. The van der Waals surface area contributed by atoms with E-state index >= 15 is 0 Å². The SMILES string of the molecule is COC(=O)NCCOCCOCCn1nc2c(c1Nc1cccc(F)c1)Cc1cc(OC)c(OC)cc1-2. The second-order valence-corrected chi connectivity index (χ2v) is 8.22. The molecule has 37 heavy (non-hydrogen) atoms. The number of nitrogens with one attached hydrogen (secondary N) is 2. The van der Waals surface area contributed by atoms with Crippen molar-refractivity contribution < 1.29 is 32.9 Å². The minimum atomic E-state index is -0.492. The predicted octanol–water partition coefficient (Wildman–Crippen LogP) is 3.74. The molecule has 0 saturated heterocycles. The number of anilines is 2. The normalized spacial score (nSPS) is 11.6. The van der Waals surface area contributed by atoms with E-state index in [1.807, 2.05) is 22.9 Å². The molecule has 0 bridgehead atoms. The maximum absolute atomic E-state index is 13.9. The van der Waals surface area contributed by atoms with Crippen molar-refractivity contribution in [1.82, 2.24) is 15.1 Å². The number of benzene rings is 2. The number of aromatic nitrogens is 2. The summed E-state index contributed by atoms with van der Waals surface area (Å²) in [7, 11) is 4.52. The zero-order valence-corrected chi connectivity index (χ0v) is 21.1. The molecule has 0 radical (unpaired) electrons. The van der Waals surface area contributed by atoms with Crippen LogP contribution >= 0.6 is 0 Å². The topological polar surface area (TPSA) is 105 Å². The van der Waals surface area contributed by atoms with Gasteiger partial charge in [0.2, 0.25) is 0 Å². The van der Waals surface area contributed by atoms with Crippen LogP contribution in [0.15, 0.2) is 36.4 Å². The summed E-state index contributed by atoms with van der Waals surface area (Å²) in [5.41, 5.74) is 4.54. The largest absolute Gasteiger partial charge is 0.493 e. The lowest BCUT2D eigenvalue weighted by molar-refractivity contribution is 0.0450. The van der Waals surface area contributed by atoms with Gasteiger partial charge in [-0.1, -0.05) is 6.07 Å². The van der Waals surface area contributed by atoms with Crippen molar-refractivity contribution in [2.75, 3.05) is 59.6 Å². The molecule has 1 amide bonds. The molecule has 1 aliphatic carbocycles. The predicted molar refractivity (Wildman–Crippen MR) is 135 cm³/mol. The first-order valence-corrected chi connectivity index (χ1v) is 11.9. The van der Waals surface area contributed by atoms with E-state index in [-0.39, 0.29) is 5.82 Å². The van der Waals surface area contributed by atoms with Gasteiger partial charge in [-0.2, -0.15) is 5.10 Å². The van der Waals surface area contributed by atoms with Gasteiger partial charge in [0.15, 0.2) is 11.5 Å². The summed E-state index contributed by atoms with van der Waals surface area (Å²) in [5.74, 6) is 1.75. The Morgan fingerprint density at radius 3 is 2.51 bits per heavy atom. The number of carbonyl (C=O) groups is 1. The number of carbonyl (C=O) groups excluding carboxylic acids is 1. The van der Waals surface area contributed by atoms with Gasteiger partial charge in [-0.15, -0.1) is 0 Å². The van der Waals surface area contributed by atoms with Crippen molar-refractivity contribution in [2.24, 2.45) is 0 Å². The highest BCUT2D eigenvalue weighted by atomic mass is 19.1. The summed E-state index contributed by atoms with van der Waals surface area (Å²) in [6.45, 7) is 2.39. The number of fused-ring (bicyclic) bond motifs is 3. The number of alkyl carbamates (subject to hydrolysis) is 1. The first-order chi connectivity index (χ1) is 18.0. The lowest BCUT2D eigenvalue weighted by atomic mass is 10.1. The average Bonchev–Trinajstić information content (AvgIpc) is 3.42. The van der Waals surface area contributed by atoms with Crippen LogP contribution in [-0.2, 0) is 27.2 Å². The Balaban J connectivity index is 1.43. The Bertz CT molecular complexity index is 1230. The van der Waals surface area contributed by atoms with Gasteiger partial charge in [0, 0.05) is 29.8 Å². The maximum atomic E-state index is 13.9. The highest BCUT2D eigenvalue weighted by Gasteiger charge is 2.29. The Kier molecular flexibility index (Phi) is 8.81. The number of halogens is 1. The fraction of sp³-hybridized carbons (Fsp3) is 0.385. The van der Waals surface area contributed by atoms with E-state index in [1.165, 1.54) is 19.2 Å². The molecule has 2 aromatic carbocycles. The van der Waals surface area contributed by atoms with E-state index in [0.717, 1.165) is 28.2 Å². The standard InChI is InChI=1S/C26H31FN4O6/c1-33-22-14-17-13-21-24(20(17)16-23(22)34-2)30-31(25(21)29-19-6-4-5-18(27)15-19)8-10-37-12-11-36-9-7-28-26(32)35-3/h4-6,14-16,29H,7-13H2,1-3H3,(H,28,32). The van der Waals surface area contributed by atoms with Gasteiger partial charge in [0.05, 0.1) is 60.0 Å². The van der Waals surface area contributed by atoms with Crippen LogP contribution in [0.25, 0.3) is 11.3 Å². The molecular formula is C26H31FN4O6. The summed E-state index contributed by atoms with van der Waals surface area (Å²) < 4.78 is 42.3. The van der Waals surface area contributed by atoms with E-state index in [1.54, 1.807) is 20.3 Å². The maximum Gasteiger partial charge on any atom is 0.406 e. The zero-order valence-electron chi connectivity index (χ0n) is 21.1. The summed E-state index contributed by atoms with van der Waals surface area (Å²) in [4.78, 5) is 11.0. The Morgan fingerprint density at radius 2 is 1.78 bits per heavy atom. The van der Waals surface area contributed by atoms with Gasteiger partial charge in [-0.05, 0) is 35.9 Å². The molecule has 3 aromatic rings. The van der Waals surface area contributed by atoms with E-state index in [9.17, 15) is 9.18 Å². The molecule has 1 heterocycles. The number of methoxy groups -OCH3 is 3. The molecule has 10 nitrogen and oxygen atoms in total. The highest BCUT2D eigenvalue weighted by molar-refractivity contribution is 5.82. The molecule has 0 fully saturated rings. The molecule has 0 unspecified atom stereocenters. The van der Waals surface area contributed by atoms with Crippen molar-refractivity contribution in [1.29, 1.82) is 0 Å². The molecular weight excluding hydrogens is 483 g/mol. The van der Waals surface area contributed by atoms with Gasteiger partial charge in [-0.25, -0.2) is 13.9 Å². The third kappa shape index (κ3) is 6.30. The summed E-state index contributed by atoms with van der Waals surface area (Å²) in [5, 5.41) is 10.8. The van der Waals surface area contributed by atoms with Gasteiger partial charge in [-0.3, -0.25) is 0 Å². The Morgan fingerprint density at radius 1 is 1.03 bits per heavy atom. The van der Waals surface area contributed by atoms with Gasteiger partial charge in [0.25, 0.3) is 0 Å². The monoisotopic (exact) mass is 514 g/mol. The number of rotatable bonds is 13. The first-order valence-electron chi connectivity index (χ1n) is 11.9. The highest BCUT2D eigenvalue weighted by Crippen LogP contribution is 2.45. The Hall–Kier alpha value is -3.83. The molecule has 0 saturated carbocycles. The molecule has 2 N–H and O–H groups in total. The van der Waals surface area contributed by atoms with E-state index in [4.69, 9.17) is 24.0 Å². The summed E-state index contributed by atoms with van der Waals surface area (Å²) in [6, 6.07) is 10.2. The Labute approximate surface area is 214 Å². The van der Waals surface area contributed by atoms with Crippen LogP contribution in [0.3, 0.4) is 0 Å². The molecule has 198 valence electrons. The number of hydrogen-bond acceptors (Lipinski definition) is 8. The van der Waals surface area contributed by atoms with Crippen molar-refractivity contribution in [3.05, 3.63) is 53.3 Å². The van der Waals surface area contributed by atoms with E-state index in [2.05, 4.69) is 15.4 Å². The summed E-state index contributed by atoms with van der Waals surface area (Å²) >= 11 is 0. The molecule has 1 aliphatic rings.